The molecule has 2 N–H and O–H groups in total. The Morgan fingerprint density at radius 3 is 2.65 bits per heavy atom. The van der Waals surface area contributed by atoms with Crippen molar-refractivity contribution in [1.82, 2.24) is 0 Å². The minimum Gasteiger partial charge on any atom is -0.478 e. The van der Waals surface area contributed by atoms with Crippen LogP contribution in [0.15, 0.2) is 42.5 Å². The number of nitrogens with one attached hydrogen (secondary N) is 1. The summed E-state index contributed by atoms with van der Waals surface area (Å²) in [5, 5.41) is 12.0. The molecule has 0 aliphatic heterocycles. The Hall–Kier alpha value is -2.36. The minimum atomic E-state index is -1.26. The summed E-state index contributed by atoms with van der Waals surface area (Å²) in [6.45, 7) is 2.58. The maximum Gasteiger partial charge on any atom is 0.340 e. The molecular weight excluding hydrogens is 257 g/mol. The molecule has 0 atom stereocenters. The van der Waals surface area contributed by atoms with E-state index in [0.29, 0.717) is 12.2 Å². The van der Waals surface area contributed by atoms with Gasteiger partial charge in [-0.05, 0) is 36.6 Å². The highest BCUT2D eigenvalue weighted by atomic mass is 19.1. The molecule has 2 aromatic carbocycles. The number of aromatic carboxylic acids is 1. The lowest BCUT2D eigenvalue weighted by Crippen LogP contribution is -2.11. The molecular formula is C16H16FNO2. The van der Waals surface area contributed by atoms with Gasteiger partial charge in [-0.1, -0.05) is 30.3 Å². The number of aryl methyl sites for hydroxylation is 1. The summed E-state index contributed by atoms with van der Waals surface area (Å²) in [4.78, 5) is 11.0. The molecule has 4 heteroatoms. The number of rotatable bonds is 5. The number of hydrogen-bond acceptors (Lipinski definition) is 2. The summed E-state index contributed by atoms with van der Waals surface area (Å²) in [7, 11) is 0. The molecule has 0 fully saturated rings. The van der Waals surface area contributed by atoms with Gasteiger partial charge in [0.15, 0.2) is 0 Å². The maximum absolute atomic E-state index is 13.5. The van der Waals surface area contributed by atoms with E-state index in [1.165, 1.54) is 17.2 Å². The second kappa shape index (κ2) is 6.19. The molecule has 0 unspecified atom stereocenters. The van der Waals surface area contributed by atoms with Crippen LogP contribution in [0, 0.1) is 12.7 Å². The highest BCUT2D eigenvalue weighted by Crippen LogP contribution is 2.19. The van der Waals surface area contributed by atoms with Gasteiger partial charge >= 0.3 is 5.97 Å². The fourth-order valence-electron chi connectivity index (χ4n) is 2.11. The summed E-state index contributed by atoms with van der Waals surface area (Å²) in [5.41, 5.74) is 2.38. The molecule has 0 aliphatic rings. The number of carboxylic acid groups (broad SMARTS) is 1. The van der Waals surface area contributed by atoms with Gasteiger partial charge in [-0.25, -0.2) is 9.18 Å². The molecule has 0 aliphatic carbocycles. The number of halogens is 1. The van der Waals surface area contributed by atoms with Crippen molar-refractivity contribution < 1.29 is 14.3 Å². The number of carbonyl (C=O) groups is 1. The van der Waals surface area contributed by atoms with E-state index in [2.05, 4.69) is 5.32 Å². The molecule has 2 rings (SSSR count). The van der Waals surface area contributed by atoms with E-state index in [9.17, 15) is 9.18 Å². The van der Waals surface area contributed by atoms with Crippen molar-refractivity contribution in [3.05, 3.63) is 65.0 Å². The van der Waals surface area contributed by atoms with Crippen molar-refractivity contribution in [1.29, 1.82) is 0 Å². The van der Waals surface area contributed by atoms with Crippen LogP contribution in [-0.2, 0) is 6.42 Å². The van der Waals surface area contributed by atoms with Gasteiger partial charge in [0.25, 0.3) is 0 Å². The van der Waals surface area contributed by atoms with Crippen molar-refractivity contribution in [3.8, 4) is 0 Å². The molecule has 0 heterocycles. The number of hydrogen-bond donors (Lipinski definition) is 2. The monoisotopic (exact) mass is 273 g/mol. The zero-order valence-corrected chi connectivity index (χ0v) is 11.2. The molecule has 3 nitrogen and oxygen atoms in total. The van der Waals surface area contributed by atoms with Crippen LogP contribution in [0.4, 0.5) is 10.1 Å². The van der Waals surface area contributed by atoms with Gasteiger partial charge in [0, 0.05) is 6.54 Å². The van der Waals surface area contributed by atoms with Crippen LogP contribution in [0.5, 0.6) is 0 Å². The quantitative estimate of drug-likeness (QED) is 0.876. The third-order valence-corrected chi connectivity index (χ3v) is 3.20. The van der Waals surface area contributed by atoms with Crippen LogP contribution in [-0.4, -0.2) is 17.6 Å². The van der Waals surface area contributed by atoms with E-state index in [4.69, 9.17) is 5.11 Å². The first-order chi connectivity index (χ1) is 9.59. The molecule has 2 aromatic rings. The zero-order valence-electron chi connectivity index (χ0n) is 11.2. The lowest BCUT2D eigenvalue weighted by Gasteiger charge is -2.11. The van der Waals surface area contributed by atoms with Gasteiger partial charge in [-0.3, -0.25) is 0 Å². The Balaban J connectivity index is 2.07. The lowest BCUT2D eigenvalue weighted by molar-refractivity contribution is 0.0693. The van der Waals surface area contributed by atoms with Gasteiger partial charge in [-0.2, -0.15) is 0 Å². The highest BCUT2D eigenvalue weighted by molar-refractivity contribution is 5.94. The normalized spacial score (nSPS) is 10.3. The van der Waals surface area contributed by atoms with Gasteiger partial charge in [-0.15, -0.1) is 0 Å². The van der Waals surface area contributed by atoms with Crippen molar-refractivity contribution in [2.45, 2.75) is 13.3 Å². The Bertz CT molecular complexity index is 626. The Morgan fingerprint density at radius 2 is 1.95 bits per heavy atom. The summed E-state index contributed by atoms with van der Waals surface area (Å²) < 4.78 is 13.5. The van der Waals surface area contributed by atoms with E-state index in [1.54, 1.807) is 6.07 Å². The van der Waals surface area contributed by atoms with E-state index in [0.717, 1.165) is 12.5 Å². The second-order valence-corrected chi connectivity index (χ2v) is 4.57. The standard InChI is InChI=1S/C16H16FNO2/c1-11-5-2-3-6-12(11)9-10-18-14-8-4-7-13(17)15(14)16(19)20/h2-8,18H,9-10H2,1H3,(H,19,20). The third-order valence-electron chi connectivity index (χ3n) is 3.20. The Morgan fingerprint density at radius 1 is 1.20 bits per heavy atom. The van der Waals surface area contributed by atoms with Crippen LogP contribution in [0.25, 0.3) is 0 Å². The smallest absolute Gasteiger partial charge is 0.340 e. The first kappa shape index (κ1) is 14.1. The molecule has 0 spiro atoms. The lowest BCUT2D eigenvalue weighted by atomic mass is 10.1. The van der Waals surface area contributed by atoms with E-state index < -0.39 is 11.8 Å². The molecule has 0 radical (unpaired) electrons. The fraction of sp³-hybridized carbons (Fsp3) is 0.188. The average Bonchev–Trinajstić information content (AvgIpc) is 2.40. The van der Waals surface area contributed by atoms with Crippen LogP contribution in [0.1, 0.15) is 21.5 Å². The predicted octanol–water partition coefficient (Wildman–Crippen LogP) is 3.49. The first-order valence-electron chi connectivity index (χ1n) is 6.40. The topological polar surface area (TPSA) is 49.3 Å². The largest absolute Gasteiger partial charge is 0.478 e. The fourth-order valence-corrected chi connectivity index (χ4v) is 2.11. The van der Waals surface area contributed by atoms with Crippen LogP contribution in [0.2, 0.25) is 0 Å². The van der Waals surface area contributed by atoms with Gasteiger partial charge in [0.05, 0.1) is 5.69 Å². The summed E-state index contributed by atoms with van der Waals surface area (Å²) in [6, 6.07) is 12.2. The molecule has 104 valence electrons. The van der Waals surface area contributed by atoms with Crippen molar-refractivity contribution >= 4 is 11.7 Å². The van der Waals surface area contributed by atoms with Crippen molar-refractivity contribution in [2.75, 3.05) is 11.9 Å². The van der Waals surface area contributed by atoms with Crippen LogP contribution >= 0.6 is 0 Å². The number of carboxylic acids is 1. The highest BCUT2D eigenvalue weighted by Gasteiger charge is 2.15. The van der Waals surface area contributed by atoms with Gasteiger partial charge in [0.1, 0.15) is 11.4 Å². The summed E-state index contributed by atoms with van der Waals surface area (Å²) in [5.74, 6) is -1.99. The zero-order chi connectivity index (χ0) is 14.5. The molecule has 0 bridgehead atoms. The van der Waals surface area contributed by atoms with Gasteiger partial charge in [0.2, 0.25) is 0 Å². The van der Waals surface area contributed by atoms with Crippen LogP contribution < -0.4 is 5.32 Å². The van der Waals surface area contributed by atoms with Crippen molar-refractivity contribution in [2.24, 2.45) is 0 Å². The van der Waals surface area contributed by atoms with Gasteiger partial charge < -0.3 is 10.4 Å². The maximum atomic E-state index is 13.5. The third kappa shape index (κ3) is 3.15. The molecule has 0 aromatic heterocycles. The molecule has 0 saturated heterocycles. The average molecular weight is 273 g/mol. The number of anilines is 1. The molecule has 20 heavy (non-hydrogen) atoms. The van der Waals surface area contributed by atoms with E-state index >= 15 is 0 Å². The van der Waals surface area contributed by atoms with Crippen LogP contribution in [0.3, 0.4) is 0 Å². The predicted molar refractivity (Wildman–Crippen MR) is 76.7 cm³/mol. The van der Waals surface area contributed by atoms with Crippen molar-refractivity contribution in [3.63, 3.8) is 0 Å². The van der Waals surface area contributed by atoms with E-state index in [1.807, 2.05) is 31.2 Å². The Kier molecular flexibility index (Phi) is 4.35. The Labute approximate surface area is 117 Å². The summed E-state index contributed by atoms with van der Waals surface area (Å²) in [6.07, 6.45) is 0.752. The first-order valence-corrected chi connectivity index (χ1v) is 6.40. The minimum absolute atomic E-state index is 0.308. The molecule has 0 amide bonds. The number of benzene rings is 2. The van der Waals surface area contributed by atoms with E-state index in [-0.39, 0.29) is 5.56 Å². The summed E-state index contributed by atoms with van der Waals surface area (Å²) >= 11 is 0. The SMILES string of the molecule is Cc1ccccc1CCNc1cccc(F)c1C(=O)O. The molecule has 0 saturated carbocycles. The second-order valence-electron chi connectivity index (χ2n) is 4.57.